The molecule has 0 saturated carbocycles. The Hall–Kier alpha value is -1.55. The number of nitrogens with zero attached hydrogens (tertiary/aromatic N) is 1. The van der Waals surface area contributed by atoms with Crippen molar-refractivity contribution in [2.45, 2.75) is 18.9 Å². The molecule has 2 bridgehead atoms. The van der Waals surface area contributed by atoms with E-state index >= 15 is 0 Å². The third-order valence-electron chi connectivity index (χ3n) is 4.27. The molecule has 1 aromatic carbocycles. The topological polar surface area (TPSA) is 41.6 Å². The normalized spacial score (nSPS) is 29.0. The van der Waals surface area contributed by atoms with E-state index in [2.05, 4.69) is 10.2 Å². The van der Waals surface area contributed by atoms with Crippen LogP contribution in [0, 0.1) is 5.92 Å². The summed E-state index contributed by atoms with van der Waals surface area (Å²) in [5, 5.41) is 3.04. The maximum Gasteiger partial charge on any atom is 0.340 e. The number of ether oxygens (including phenoxy) is 1. The summed E-state index contributed by atoms with van der Waals surface area (Å²) in [6.07, 6.45) is 2.39. The Balaban J connectivity index is 1.71. The zero-order valence-electron chi connectivity index (χ0n) is 11.3. The third kappa shape index (κ3) is 2.45. The second-order valence-electron chi connectivity index (χ2n) is 5.38. The van der Waals surface area contributed by atoms with Crippen LogP contribution in [0.4, 0.5) is 5.69 Å². The Morgan fingerprint density at radius 1 is 1.32 bits per heavy atom. The Labute approximate surface area is 113 Å². The molecule has 1 N–H and O–H groups in total. The molecule has 0 aromatic heterocycles. The number of benzene rings is 1. The molecule has 4 nitrogen and oxygen atoms in total. The fourth-order valence-electron chi connectivity index (χ4n) is 3.12. The SMILES string of the molecule is [11CH3]Nc1ccccc1C(=O)O[C@@H]1CN2CCC1CC2. The minimum absolute atomic E-state index is 0.0694. The maximum atomic E-state index is 12.3. The highest BCUT2D eigenvalue weighted by Crippen LogP contribution is 2.30. The highest BCUT2D eigenvalue weighted by molar-refractivity contribution is 5.95. The predicted octanol–water partition coefficient (Wildman–Crippen LogP) is 1.98. The van der Waals surface area contributed by atoms with Crippen LogP contribution in [0.3, 0.4) is 0 Å². The number of anilines is 1. The lowest BCUT2D eigenvalue weighted by Gasteiger charge is -2.43. The van der Waals surface area contributed by atoms with Crippen molar-refractivity contribution in [3.05, 3.63) is 29.8 Å². The van der Waals surface area contributed by atoms with Gasteiger partial charge < -0.3 is 10.1 Å². The molecule has 0 spiro atoms. The van der Waals surface area contributed by atoms with Gasteiger partial charge in [-0.05, 0) is 44.0 Å². The average molecular weight is 259 g/mol. The summed E-state index contributed by atoms with van der Waals surface area (Å²) in [6.45, 7) is 3.22. The molecule has 3 fully saturated rings. The van der Waals surface area contributed by atoms with Crippen LogP contribution in [-0.4, -0.2) is 43.7 Å². The monoisotopic (exact) mass is 259 g/mol. The first-order chi connectivity index (χ1) is 9.28. The quantitative estimate of drug-likeness (QED) is 0.843. The van der Waals surface area contributed by atoms with Crippen molar-refractivity contribution in [1.29, 1.82) is 0 Å². The van der Waals surface area contributed by atoms with Gasteiger partial charge in [-0.1, -0.05) is 12.1 Å². The number of piperidine rings is 3. The molecule has 0 unspecified atom stereocenters. The van der Waals surface area contributed by atoms with Crippen LogP contribution in [0.1, 0.15) is 23.2 Å². The molecule has 3 heterocycles. The fraction of sp³-hybridized carbons (Fsp3) is 0.533. The molecule has 0 amide bonds. The smallest absolute Gasteiger partial charge is 0.340 e. The number of nitrogens with one attached hydrogen (secondary N) is 1. The molecular formula is C15H20N2O2. The zero-order chi connectivity index (χ0) is 13.2. The van der Waals surface area contributed by atoms with E-state index in [9.17, 15) is 4.79 Å². The van der Waals surface area contributed by atoms with E-state index in [4.69, 9.17) is 4.74 Å². The van der Waals surface area contributed by atoms with Gasteiger partial charge in [-0.15, -0.1) is 0 Å². The Kier molecular flexibility index (Phi) is 3.42. The number of fused-ring (bicyclic) bond motifs is 3. The van der Waals surface area contributed by atoms with Gasteiger partial charge in [0.1, 0.15) is 6.10 Å². The van der Waals surface area contributed by atoms with Crippen molar-refractivity contribution < 1.29 is 9.53 Å². The van der Waals surface area contributed by atoms with E-state index in [0.717, 1.165) is 38.2 Å². The number of esters is 1. The molecule has 0 radical (unpaired) electrons. The molecule has 3 aliphatic rings. The molecule has 102 valence electrons. The molecule has 3 aliphatic heterocycles. The first-order valence-corrected chi connectivity index (χ1v) is 6.98. The van der Waals surface area contributed by atoms with E-state index in [1.54, 1.807) is 0 Å². The Morgan fingerprint density at radius 2 is 2.05 bits per heavy atom. The summed E-state index contributed by atoms with van der Waals surface area (Å²) in [4.78, 5) is 14.7. The van der Waals surface area contributed by atoms with Crippen molar-refractivity contribution in [3.8, 4) is 0 Å². The molecular weight excluding hydrogens is 239 g/mol. The summed E-state index contributed by atoms with van der Waals surface area (Å²) >= 11 is 0. The maximum absolute atomic E-state index is 12.3. The predicted molar refractivity (Wildman–Crippen MR) is 74.4 cm³/mol. The van der Waals surface area contributed by atoms with Gasteiger partial charge in [-0.25, -0.2) is 4.79 Å². The number of hydrogen-bond donors (Lipinski definition) is 1. The van der Waals surface area contributed by atoms with Crippen LogP contribution in [0.2, 0.25) is 0 Å². The van der Waals surface area contributed by atoms with Crippen LogP contribution < -0.4 is 5.32 Å². The summed E-state index contributed by atoms with van der Waals surface area (Å²) in [7, 11) is 1.82. The van der Waals surface area contributed by atoms with Crippen LogP contribution in [0.5, 0.6) is 0 Å². The number of carbonyl (C=O) groups is 1. The minimum atomic E-state index is -0.205. The summed E-state index contributed by atoms with van der Waals surface area (Å²) in [5.41, 5.74) is 1.45. The van der Waals surface area contributed by atoms with E-state index in [1.807, 2.05) is 31.3 Å². The number of hydrogen-bond acceptors (Lipinski definition) is 4. The van der Waals surface area contributed by atoms with Gasteiger partial charge in [0.25, 0.3) is 0 Å². The summed E-state index contributed by atoms with van der Waals surface area (Å²) < 4.78 is 5.73. The lowest BCUT2D eigenvalue weighted by molar-refractivity contribution is -0.0455. The zero-order valence-corrected chi connectivity index (χ0v) is 11.3. The summed E-state index contributed by atoms with van der Waals surface area (Å²) in [6, 6.07) is 7.49. The van der Waals surface area contributed by atoms with E-state index in [0.29, 0.717) is 11.5 Å². The molecule has 19 heavy (non-hydrogen) atoms. The third-order valence-corrected chi connectivity index (χ3v) is 4.27. The Morgan fingerprint density at radius 3 is 2.68 bits per heavy atom. The lowest BCUT2D eigenvalue weighted by Crippen LogP contribution is -2.51. The van der Waals surface area contributed by atoms with Gasteiger partial charge in [0.2, 0.25) is 0 Å². The van der Waals surface area contributed by atoms with Gasteiger partial charge in [0.05, 0.1) is 5.56 Å². The number of rotatable bonds is 3. The highest BCUT2D eigenvalue weighted by atomic mass is 16.5. The van der Waals surface area contributed by atoms with Crippen LogP contribution in [0.25, 0.3) is 0 Å². The van der Waals surface area contributed by atoms with Gasteiger partial charge in [0.15, 0.2) is 0 Å². The van der Waals surface area contributed by atoms with Crippen molar-refractivity contribution >= 4 is 11.7 Å². The molecule has 1 aromatic rings. The second kappa shape index (κ2) is 5.21. The van der Waals surface area contributed by atoms with Crippen LogP contribution in [-0.2, 0) is 4.74 Å². The summed E-state index contributed by atoms with van der Waals surface area (Å²) in [5.74, 6) is 0.347. The largest absolute Gasteiger partial charge is 0.457 e. The van der Waals surface area contributed by atoms with Crippen molar-refractivity contribution in [2.24, 2.45) is 5.92 Å². The highest BCUT2D eigenvalue weighted by Gasteiger charge is 2.36. The first-order valence-electron chi connectivity index (χ1n) is 6.98. The number of carbonyl (C=O) groups excluding carboxylic acids is 1. The molecule has 0 aliphatic carbocycles. The fourth-order valence-corrected chi connectivity index (χ4v) is 3.12. The molecule has 4 rings (SSSR count). The number of para-hydroxylation sites is 1. The van der Waals surface area contributed by atoms with Gasteiger partial charge in [0, 0.05) is 19.3 Å². The van der Waals surface area contributed by atoms with Gasteiger partial charge >= 0.3 is 5.97 Å². The second-order valence-corrected chi connectivity index (χ2v) is 5.38. The van der Waals surface area contributed by atoms with Crippen molar-refractivity contribution in [3.63, 3.8) is 0 Å². The average Bonchev–Trinajstić information content (AvgIpc) is 2.48. The van der Waals surface area contributed by atoms with Crippen molar-refractivity contribution in [2.75, 3.05) is 32.0 Å². The van der Waals surface area contributed by atoms with Crippen LogP contribution >= 0.6 is 0 Å². The van der Waals surface area contributed by atoms with Crippen molar-refractivity contribution in [1.82, 2.24) is 4.90 Å². The van der Waals surface area contributed by atoms with E-state index < -0.39 is 0 Å². The molecule has 3 saturated heterocycles. The molecule has 4 heteroatoms. The van der Waals surface area contributed by atoms with Gasteiger partial charge in [-0.2, -0.15) is 0 Å². The minimum Gasteiger partial charge on any atom is -0.457 e. The van der Waals surface area contributed by atoms with E-state index in [1.165, 1.54) is 0 Å². The Bertz CT molecular complexity index is 467. The lowest BCUT2D eigenvalue weighted by atomic mass is 9.86. The van der Waals surface area contributed by atoms with E-state index in [-0.39, 0.29) is 12.1 Å². The first kappa shape index (κ1) is 12.5. The van der Waals surface area contributed by atoms with Gasteiger partial charge in [-0.3, -0.25) is 4.90 Å². The molecule has 1 atom stereocenters. The van der Waals surface area contributed by atoms with Crippen LogP contribution in [0.15, 0.2) is 24.3 Å². The standard InChI is InChI=1S/C15H20N2O2/c1-16-13-5-3-2-4-12(13)15(18)19-14-10-17-8-6-11(14)7-9-17/h2-5,11,14,16H,6-10H2,1H3/t14-/m1/s1/i1-1.